The molecule has 0 fully saturated rings. The molecule has 4 rings (SSSR count). The van der Waals surface area contributed by atoms with E-state index in [1.165, 1.54) is 35.2 Å². The van der Waals surface area contributed by atoms with Crippen molar-refractivity contribution in [1.82, 2.24) is 5.43 Å². The molecule has 3 aromatic carbocycles. The van der Waals surface area contributed by atoms with Gasteiger partial charge in [-0.1, -0.05) is 29.8 Å². The largest absolute Gasteiger partial charge is 0.487 e. The van der Waals surface area contributed by atoms with E-state index >= 15 is 0 Å². The zero-order valence-electron chi connectivity index (χ0n) is 17.7. The van der Waals surface area contributed by atoms with Gasteiger partial charge in [0.25, 0.3) is 11.6 Å². The SMILES string of the molecule is Cc1ccc(COc2c(Br)cc(/C=N\NC(=O)c3cc4cc([N+](=O)[O-])ccc4s3)cc2Br)cc1. The number of ether oxygens (including phenoxy) is 1. The van der Waals surface area contributed by atoms with Crippen molar-refractivity contribution in [3.63, 3.8) is 0 Å². The van der Waals surface area contributed by atoms with Crippen LogP contribution in [0, 0.1) is 17.0 Å². The summed E-state index contributed by atoms with van der Waals surface area (Å²) >= 11 is 8.30. The monoisotopic (exact) mass is 601 g/mol. The number of amides is 1. The number of halogens is 2. The fourth-order valence-corrected chi connectivity index (χ4v) is 5.49. The van der Waals surface area contributed by atoms with Crippen LogP contribution in [0.1, 0.15) is 26.4 Å². The van der Waals surface area contributed by atoms with Crippen LogP contribution in [-0.2, 0) is 6.61 Å². The van der Waals surface area contributed by atoms with Crippen LogP contribution < -0.4 is 10.2 Å². The average Bonchev–Trinajstić information content (AvgIpc) is 3.23. The Kier molecular flexibility index (Phi) is 7.40. The van der Waals surface area contributed by atoms with Gasteiger partial charge in [0.15, 0.2) is 0 Å². The van der Waals surface area contributed by atoms with E-state index in [0.717, 1.165) is 24.8 Å². The molecule has 10 heteroatoms. The molecule has 4 aromatic rings. The highest BCUT2D eigenvalue weighted by atomic mass is 79.9. The molecule has 0 atom stereocenters. The summed E-state index contributed by atoms with van der Waals surface area (Å²) in [6.45, 7) is 2.47. The molecule has 1 amide bonds. The molecule has 0 saturated carbocycles. The number of fused-ring (bicyclic) bond motifs is 1. The number of nitrogens with one attached hydrogen (secondary N) is 1. The Labute approximate surface area is 215 Å². The van der Waals surface area contributed by atoms with Crippen LogP contribution in [0.4, 0.5) is 5.69 Å². The third-order valence-corrected chi connectivity index (χ3v) is 7.13. The molecular weight excluding hydrogens is 586 g/mol. The zero-order valence-corrected chi connectivity index (χ0v) is 21.7. The maximum Gasteiger partial charge on any atom is 0.281 e. The highest BCUT2D eigenvalue weighted by Crippen LogP contribution is 2.35. The van der Waals surface area contributed by atoms with Crippen molar-refractivity contribution in [1.29, 1.82) is 0 Å². The van der Waals surface area contributed by atoms with E-state index in [0.29, 0.717) is 22.6 Å². The van der Waals surface area contributed by atoms with Crippen LogP contribution in [0.2, 0.25) is 0 Å². The number of hydrogen-bond donors (Lipinski definition) is 1. The van der Waals surface area contributed by atoms with Crippen LogP contribution in [-0.4, -0.2) is 17.0 Å². The first-order valence-corrected chi connectivity index (χ1v) is 12.4. The van der Waals surface area contributed by atoms with E-state index in [9.17, 15) is 14.9 Å². The minimum Gasteiger partial charge on any atom is -0.487 e. The predicted molar refractivity (Wildman–Crippen MR) is 141 cm³/mol. The molecule has 7 nitrogen and oxygen atoms in total. The van der Waals surface area contributed by atoms with Crippen molar-refractivity contribution in [2.24, 2.45) is 5.10 Å². The first-order chi connectivity index (χ1) is 16.3. The van der Waals surface area contributed by atoms with Crippen LogP contribution in [0.25, 0.3) is 10.1 Å². The second-order valence-electron chi connectivity index (χ2n) is 7.38. The zero-order chi connectivity index (χ0) is 24.2. The molecule has 0 radical (unpaired) electrons. The Hall–Kier alpha value is -3.08. The number of carbonyl (C=O) groups is 1. The van der Waals surface area contributed by atoms with Gasteiger partial charge in [0, 0.05) is 22.2 Å². The second kappa shape index (κ2) is 10.5. The third kappa shape index (κ3) is 5.69. The van der Waals surface area contributed by atoms with Gasteiger partial charge in [0.1, 0.15) is 12.4 Å². The average molecular weight is 603 g/mol. The van der Waals surface area contributed by atoms with E-state index in [2.05, 4.69) is 42.4 Å². The maximum absolute atomic E-state index is 12.5. The van der Waals surface area contributed by atoms with Gasteiger partial charge in [-0.2, -0.15) is 5.10 Å². The predicted octanol–water partition coefficient (Wildman–Crippen LogP) is 6.99. The normalized spacial score (nSPS) is 11.1. The molecule has 1 N–H and O–H groups in total. The van der Waals surface area contributed by atoms with Crippen molar-refractivity contribution in [2.45, 2.75) is 13.5 Å². The summed E-state index contributed by atoms with van der Waals surface area (Å²) in [5.41, 5.74) is 5.48. The lowest BCUT2D eigenvalue weighted by Crippen LogP contribution is -2.16. The topological polar surface area (TPSA) is 93.8 Å². The number of nitrogens with zero attached hydrogens (tertiary/aromatic N) is 2. The molecule has 1 aromatic heterocycles. The number of hydrogen-bond acceptors (Lipinski definition) is 6. The van der Waals surface area contributed by atoms with Gasteiger partial charge in [-0.3, -0.25) is 14.9 Å². The van der Waals surface area contributed by atoms with Gasteiger partial charge in [-0.25, -0.2) is 5.43 Å². The quantitative estimate of drug-likeness (QED) is 0.140. The van der Waals surface area contributed by atoms with Crippen molar-refractivity contribution in [2.75, 3.05) is 0 Å². The molecule has 0 aliphatic heterocycles. The number of nitro benzene ring substituents is 1. The number of benzene rings is 3. The van der Waals surface area contributed by atoms with E-state index in [1.807, 2.05) is 43.3 Å². The van der Waals surface area contributed by atoms with Gasteiger partial charge in [-0.15, -0.1) is 11.3 Å². The molecule has 0 aliphatic rings. The van der Waals surface area contributed by atoms with Crippen LogP contribution in [0.5, 0.6) is 5.75 Å². The number of hydrazone groups is 1. The Morgan fingerprint density at radius 3 is 2.50 bits per heavy atom. The second-order valence-corrected chi connectivity index (χ2v) is 10.2. The highest BCUT2D eigenvalue weighted by molar-refractivity contribution is 9.11. The van der Waals surface area contributed by atoms with Gasteiger partial charge in [0.05, 0.1) is 25.0 Å². The summed E-state index contributed by atoms with van der Waals surface area (Å²) in [5.74, 6) is 0.275. The van der Waals surface area contributed by atoms with Gasteiger partial charge in [0.2, 0.25) is 0 Å². The third-order valence-electron chi connectivity index (χ3n) is 4.84. The highest BCUT2D eigenvalue weighted by Gasteiger charge is 2.13. The van der Waals surface area contributed by atoms with Crippen molar-refractivity contribution in [3.8, 4) is 5.75 Å². The van der Waals surface area contributed by atoms with Crippen LogP contribution in [0.3, 0.4) is 0 Å². The number of carbonyl (C=O) groups excluding carboxylic acids is 1. The van der Waals surface area contributed by atoms with Gasteiger partial charge < -0.3 is 4.74 Å². The molecule has 0 spiro atoms. The van der Waals surface area contributed by atoms with Crippen molar-refractivity contribution >= 4 is 71.1 Å². The van der Waals surface area contributed by atoms with E-state index in [4.69, 9.17) is 4.74 Å². The number of aryl methyl sites for hydroxylation is 1. The summed E-state index contributed by atoms with van der Waals surface area (Å²) < 4.78 is 8.22. The lowest BCUT2D eigenvalue weighted by Gasteiger charge is -2.11. The number of non-ortho nitro benzene ring substituents is 1. The van der Waals surface area contributed by atoms with Crippen molar-refractivity contribution in [3.05, 3.63) is 101 Å². The van der Waals surface area contributed by atoms with E-state index < -0.39 is 10.8 Å². The fourth-order valence-electron chi connectivity index (χ4n) is 3.11. The Balaban J connectivity index is 1.41. The van der Waals surface area contributed by atoms with Crippen LogP contribution in [0.15, 0.2) is 74.7 Å². The number of nitro groups is 1. The minimum absolute atomic E-state index is 0.0160. The first kappa shape index (κ1) is 24.1. The minimum atomic E-state index is -0.462. The summed E-state index contributed by atoms with van der Waals surface area (Å²) in [7, 11) is 0. The fraction of sp³-hybridized carbons (Fsp3) is 0.0833. The molecule has 0 bridgehead atoms. The lowest BCUT2D eigenvalue weighted by molar-refractivity contribution is -0.384. The standard InChI is InChI=1S/C24H17Br2N3O4S/c1-14-2-4-15(5-3-14)13-33-23-19(25)8-16(9-20(23)26)12-27-28-24(30)22-11-17-10-18(29(31)32)6-7-21(17)34-22/h2-12H,13H2,1H3,(H,28,30)/b27-12-. The molecule has 172 valence electrons. The summed E-state index contributed by atoms with van der Waals surface area (Å²) in [4.78, 5) is 23.4. The lowest BCUT2D eigenvalue weighted by atomic mass is 10.2. The summed E-state index contributed by atoms with van der Waals surface area (Å²) in [6, 6.07) is 17.9. The first-order valence-electron chi connectivity index (χ1n) is 9.99. The number of rotatable bonds is 7. The van der Waals surface area contributed by atoms with Gasteiger partial charge >= 0.3 is 0 Å². The number of thiophene rings is 1. The molecule has 0 unspecified atom stereocenters. The molecule has 0 saturated heterocycles. The van der Waals surface area contributed by atoms with E-state index in [-0.39, 0.29) is 5.69 Å². The summed E-state index contributed by atoms with van der Waals surface area (Å²) in [5, 5.41) is 15.6. The Morgan fingerprint density at radius 1 is 1.12 bits per heavy atom. The summed E-state index contributed by atoms with van der Waals surface area (Å²) in [6.07, 6.45) is 1.52. The molecular formula is C24H17Br2N3O4S. The molecule has 34 heavy (non-hydrogen) atoms. The molecule has 1 heterocycles. The maximum atomic E-state index is 12.5. The Morgan fingerprint density at radius 2 is 1.82 bits per heavy atom. The van der Waals surface area contributed by atoms with E-state index in [1.54, 1.807) is 12.1 Å². The van der Waals surface area contributed by atoms with Crippen molar-refractivity contribution < 1.29 is 14.5 Å². The smallest absolute Gasteiger partial charge is 0.281 e. The van der Waals surface area contributed by atoms with Gasteiger partial charge in [-0.05, 0) is 74.2 Å². The Bertz CT molecular complexity index is 1390. The van der Waals surface area contributed by atoms with Crippen LogP contribution >= 0.6 is 43.2 Å². The molecule has 0 aliphatic carbocycles.